The molecule has 0 saturated heterocycles. The Hall–Kier alpha value is -3.90. The quantitative estimate of drug-likeness (QED) is 0.335. The fraction of sp³-hybridized carbons (Fsp3) is 0.120. The Kier molecular flexibility index (Phi) is 5.56. The van der Waals surface area contributed by atoms with Crippen LogP contribution >= 0.6 is 0 Å². The number of nitrogens with one attached hydrogen (secondary N) is 2. The van der Waals surface area contributed by atoms with Crippen LogP contribution in [0.1, 0.15) is 27.0 Å². The second kappa shape index (κ2) is 8.45. The number of nitrogens with zero attached hydrogens (tertiary/aromatic N) is 1. The molecule has 0 aliphatic carbocycles. The molecule has 2 amide bonds. The van der Waals surface area contributed by atoms with Crippen molar-refractivity contribution >= 4 is 28.8 Å². The molecule has 156 valence electrons. The topological polar surface area (TPSA) is 81.7 Å². The Balaban J connectivity index is 1.52. The number of anilines is 2. The van der Waals surface area contributed by atoms with Crippen LogP contribution in [-0.4, -0.2) is 23.5 Å². The first-order valence-electron chi connectivity index (χ1n) is 9.98. The van der Waals surface area contributed by atoms with Gasteiger partial charge in [0.15, 0.2) is 0 Å². The van der Waals surface area contributed by atoms with Crippen molar-refractivity contribution in [1.29, 1.82) is 0 Å². The third-order valence-corrected chi connectivity index (χ3v) is 5.07. The lowest BCUT2D eigenvalue weighted by molar-refractivity contribution is -0.112. The fourth-order valence-corrected chi connectivity index (χ4v) is 3.74. The number of phenols is 1. The molecule has 3 aromatic carbocycles. The zero-order valence-corrected chi connectivity index (χ0v) is 17.3. The smallest absolute Gasteiger partial charge is 0.265 e. The maximum atomic E-state index is 13.3. The van der Waals surface area contributed by atoms with Crippen LogP contribution in [0.2, 0.25) is 0 Å². The maximum Gasteiger partial charge on any atom is 0.265 e. The number of hydrogen-bond donors (Lipinski definition) is 3. The van der Waals surface area contributed by atoms with E-state index in [1.807, 2.05) is 50.2 Å². The van der Waals surface area contributed by atoms with Gasteiger partial charge in [0.1, 0.15) is 5.75 Å². The molecule has 4 rings (SSSR count). The average molecular weight is 413 g/mol. The van der Waals surface area contributed by atoms with Gasteiger partial charge in [0.2, 0.25) is 0 Å². The molecule has 0 bridgehead atoms. The molecule has 0 spiro atoms. The standard InChI is InChI=1S/C25H23N3O3/c1-16-13-17(2)15-19(14-16)28-23-6-4-3-5-21(23)22(25(28)31)11-12-26-27-24(30)18-7-9-20(29)10-8-18/h3-11,13-15,26,29H,12H2,1-2H3,(H,27,30). The molecule has 1 heterocycles. The van der Waals surface area contributed by atoms with E-state index in [9.17, 15) is 14.7 Å². The zero-order valence-electron chi connectivity index (χ0n) is 17.3. The number of hydrazine groups is 1. The Labute approximate surface area is 180 Å². The molecule has 3 N–H and O–H groups in total. The Morgan fingerprint density at radius 1 is 1.00 bits per heavy atom. The van der Waals surface area contributed by atoms with Gasteiger partial charge in [-0.05, 0) is 67.4 Å². The van der Waals surface area contributed by atoms with Crippen LogP contribution in [-0.2, 0) is 4.79 Å². The number of carbonyl (C=O) groups excluding carboxylic acids is 2. The van der Waals surface area contributed by atoms with Crippen LogP contribution in [0, 0.1) is 13.8 Å². The van der Waals surface area contributed by atoms with Gasteiger partial charge in [0.05, 0.1) is 5.69 Å². The second-order valence-electron chi connectivity index (χ2n) is 7.50. The van der Waals surface area contributed by atoms with E-state index in [0.717, 1.165) is 28.1 Å². The van der Waals surface area contributed by atoms with Gasteiger partial charge in [0, 0.05) is 28.9 Å². The van der Waals surface area contributed by atoms with E-state index in [-0.39, 0.29) is 24.1 Å². The largest absolute Gasteiger partial charge is 0.508 e. The molecule has 31 heavy (non-hydrogen) atoms. The highest BCUT2D eigenvalue weighted by molar-refractivity contribution is 6.35. The summed E-state index contributed by atoms with van der Waals surface area (Å²) in [7, 11) is 0. The highest BCUT2D eigenvalue weighted by Crippen LogP contribution is 2.41. The van der Waals surface area contributed by atoms with Gasteiger partial charge in [-0.3, -0.25) is 19.9 Å². The van der Waals surface area contributed by atoms with Crippen LogP contribution in [0.25, 0.3) is 5.57 Å². The maximum absolute atomic E-state index is 13.3. The van der Waals surface area contributed by atoms with Gasteiger partial charge in [-0.2, -0.15) is 0 Å². The van der Waals surface area contributed by atoms with E-state index in [2.05, 4.69) is 16.9 Å². The number of amides is 2. The lowest BCUT2D eigenvalue weighted by Gasteiger charge is -2.18. The number of rotatable bonds is 5. The van der Waals surface area contributed by atoms with E-state index in [1.165, 1.54) is 24.3 Å². The summed E-state index contributed by atoms with van der Waals surface area (Å²) in [6.07, 6.45) is 1.78. The molecule has 6 heteroatoms. The highest BCUT2D eigenvalue weighted by atomic mass is 16.3. The van der Waals surface area contributed by atoms with Crippen LogP contribution in [0.15, 0.2) is 72.8 Å². The predicted molar refractivity (Wildman–Crippen MR) is 121 cm³/mol. The number of carbonyl (C=O) groups is 2. The number of fused-ring (bicyclic) bond motifs is 1. The first-order valence-corrected chi connectivity index (χ1v) is 9.98. The minimum atomic E-state index is -0.326. The van der Waals surface area contributed by atoms with Crippen LogP contribution in [0.3, 0.4) is 0 Å². The van der Waals surface area contributed by atoms with Gasteiger partial charge in [-0.25, -0.2) is 5.43 Å². The first kappa shape index (κ1) is 20.4. The summed E-state index contributed by atoms with van der Waals surface area (Å²) in [5.74, 6) is -0.327. The van der Waals surface area contributed by atoms with Crippen molar-refractivity contribution in [1.82, 2.24) is 10.9 Å². The molecular formula is C25H23N3O3. The monoisotopic (exact) mass is 413 g/mol. The molecule has 0 saturated carbocycles. The Morgan fingerprint density at radius 3 is 2.39 bits per heavy atom. The van der Waals surface area contributed by atoms with E-state index in [1.54, 1.807) is 11.0 Å². The summed E-state index contributed by atoms with van der Waals surface area (Å²) in [5.41, 5.74) is 11.2. The third-order valence-electron chi connectivity index (χ3n) is 5.07. The van der Waals surface area contributed by atoms with E-state index < -0.39 is 0 Å². The molecule has 6 nitrogen and oxygen atoms in total. The van der Waals surface area contributed by atoms with Gasteiger partial charge in [-0.15, -0.1) is 0 Å². The highest BCUT2D eigenvalue weighted by Gasteiger charge is 2.33. The molecule has 0 aromatic heterocycles. The number of aryl methyl sites for hydroxylation is 2. The average Bonchev–Trinajstić information content (AvgIpc) is 3.02. The summed E-state index contributed by atoms with van der Waals surface area (Å²) >= 11 is 0. The van der Waals surface area contributed by atoms with Crippen LogP contribution in [0.5, 0.6) is 5.75 Å². The zero-order chi connectivity index (χ0) is 22.0. The van der Waals surface area contributed by atoms with Crippen molar-refractivity contribution in [2.24, 2.45) is 0 Å². The lowest BCUT2D eigenvalue weighted by Crippen LogP contribution is -2.37. The molecule has 0 fully saturated rings. The van der Waals surface area contributed by atoms with Crippen molar-refractivity contribution in [3.63, 3.8) is 0 Å². The molecular weight excluding hydrogens is 390 g/mol. The number of hydrogen-bond acceptors (Lipinski definition) is 4. The van der Waals surface area contributed by atoms with Crippen molar-refractivity contribution in [3.05, 3.63) is 95.1 Å². The van der Waals surface area contributed by atoms with Gasteiger partial charge < -0.3 is 5.11 Å². The van der Waals surface area contributed by atoms with Gasteiger partial charge in [0.25, 0.3) is 11.8 Å². The third kappa shape index (κ3) is 4.20. The molecule has 0 radical (unpaired) electrons. The minimum Gasteiger partial charge on any atom is -0.508 e. The van der Waals surface area contributed by atoms with E-state index in [0.29, 0.717) is 11.1 Å². The van der Waals surface area contributed by atoms with Crippen LogP contribution in [0.4, 0.5) is 11.4 Å². The summed E-state index contributed by atoms with van der Waals surface area (Å²) in [4.78, 5) is 27.2. The van der Waals surface area contributed by atoms with Crippen molar-refractivity contribution in [2.75, 3.05) is 11.4 Å². The van der Waals surface area contributed by atoms with E-state index >= 15 is 0 Å². The second-order valence-corrected chi connectivity index (χ2v) is 7.50. The van der Waals surface area contributed by atoms with Crippen molar-refractivity contribution in [2.45, 2.75) is 13.8 Å². The lowest BCUT2D eigenvalue weighted by atomic mass is 10.1. The molecule has 0 atom stereocenters. The minimum absolute atomic E-state index is 0.0982. The Bertz CT molecular complexity index is 1160. The van der Waals surface area contributed by atoms with E-state index in [4.69, 9.17) is 0 Å². The summed E-state index contributed by atoms with van der Waals surface area (Å²) < 4.78 is 0. The number of aromatic hydroxyl groups is 1. The molecule has 0 unspecified atom stereocenters. The van der Waals surface area contributed by atoms with Crippen molar-refractivity contribution in [3.8, 4) is 5.75 Å². The number of benzene rings is 3. The van der Waals surface area contributed by atoms with Crippen molar-refractivity contribution < 1.29 is 14.7 Å². The number of para-hydroxylation sites is 1. The SMILES string of the molecule is Cc1cc(C)cc(N2C(=O)C(=CCNNC(=O)c3ccc(O)cc3)c3ccccc32)c1. The predicted octanol–water partition coefficient (Wildman–Crippen LogP) is 4.01. The summed E-state index contributed by atoms with van der Waals surface area (Å²) in [5, 5.41) is 9.32. The summed E-state index contributed by atoms with van der Waals surface area (Å²) in [6.45, 7) is 4.31. The summed E-state index contributed by atoms with van der Waals surface area (Å²) in [6, 6.07) is 19.7. The first-order chi connectivity index (χ1) is 14.9. The fourth-order valence-electron chi connectivity index (χ4n) is 3.74. The normalized spacial score (nSPS) is 14.1. The Morgan fingerprint density at radius 2 is 1.68 bits per heavy atom. The molecule has 1 aliphatic rings. The van der Waals surface area contributed by atoms with Crippen LogP contribution < -0.4 is 15.8 Å². The van der Waals surface area contributed by atoms with Gasteiger partial charge >= 0.3 is 0 Å². The van der Waals surface area contributed by atoms with Gasteiger partial charge in [-0.1, -0.05) is 30.3 Å². The molecule has 3 aromatic rings. The molecule has 1 aliphatic heterocycles. The number of phenolic OH excluding ortho intramolecular Hbond substituents is 1.